The molecule has 4 heteroatoms. The number of benzene rings is 1. The Kier molecular flexibility index (Phi) is 5.49. The Bertz CT molecular complexity index is 366. The molecule has 1 unspecified atom stereocenters. The Hall–Kier alpha value is -1.55. The molecule has 0 aliphatic heterocycles. The normalized spacial score (nSPS) is 11.9. The highest BCUT2D eigenvalue weighted by molar-refractivity contribution is 5.89. The van der Waals surface area contributed by atoms with Crippen molar-refractivity contribution in [3.63, 3.8) is 0 Å². The molecule has 1 amide bonds. The van der Waals surface area contributed by atoms with Crippen LogP contribution in [-0.4, -0.2) is 25.7 Å². The molecule has 1 rings (SSSR count). The molecule has 17 heavy (non-hydrogen) atoms. The third-order valence-corrected chi connectivity index (χ3v) is 2.35. The minimum absolute atomic E-state index is 0.0606. The number of hydrogen-bond donors (Lipinski definition) is 2. The zero-order chi connectivity index (χ0) is 12.7. The van der Waals surface area contributed by atoms with E-state index >= 15 is 0 Å². The van der Waals surface area contributed by atoms with Crippen LogP contribution in [0.1, 0.15) is 20.3 Å². The van der Waals surface area contributed by atoms with Gasteiger partial charge in [0.15, 0.2) is 0 Å². The maximum absolute atomic E-state index is 10.9. The molecule has 0 fully saturated rings. The average molecular weight is 236 g/mol. The number of anilines is 2. The van der Waals surface area contributed by atoms with E-state index in [4.69, 9.17) is 4.74 Å². The highest BCUT2D eigenvalue weighted by Gasteiger charge is 2.02. The van der Waals surface area contributed by atoms with Crippen LogP contribution in [-0.2, 0) is 9.53 Å². The van der Waals surface area contributed by atoms with Crippen LogP contribution < -0.4 is 10.6 Å². The van der Waals surface area contributed by atoms with Crippen molar-refractivity contribution in [2.45, 2.75) is 26.3 Å². The lowest BCUT2D eigenvalue weighted by Gasteiger charge is -2.15. The smallest absolute Gasteiger partial charge is 0.221 e. The van der Waals surface area contributed by atoms with Crippen molar-refractivity contribution in [2.75, 3.05) is 24.4 Å². The first-order valence-corrected chi connectivity index (χ1v) is 5.75. The number of ether oxygens (including phenoxy) is 1. The Morgan fingerprint density at radius 3 is 2.76 bits per heavy atom. The topological polar surface area (TPSA) is 50.4 Å². The molecule has 0 saturated carbocycles. The zero-order valence-electron chi connectivity index (χ0n) is 10.6. The van der Waals surface area contributed by atoms with Gasteiger partial charge >= 0.3 is 0 Å². The van der Waals surface area contributed by atoms with Crippen LogP contribution in [0.4, 0.5) is 11.4 Å². The molecule has 4 nitrogen and oxygen atoms in total. The van der Waals surface area contributed by atoms with Gasteiger partial charge in [-0.15, -0.1) is 0 Å². The van der Waals surface area contributed by atoms with E-state index < -0.39 is 0 Å². The summed E-state index contributed by atoms with van der Waals surface area (Å²) in [6.45, 7) is 4.34. The van der Waals surface area contributed by atoms with E-state index in [9.17, 15) is 4.79 Å². The molecule has 0 saturated heterocycles. The van der Waals surface area contributed by atoms with E-state index in [0.717, 1.165) is 24.4 Å². The second kappa shape index (κ2) is 6.91. The third kappa shape index (κ3) is 5.36. The van der Waals surface area contributed by atoms with Crippen molar-refractivity contribution in [2.24, 2.45) is 0 Å². The molecule has 1 aromatic carbocycles. The number of amides is 1. The number of methoxy groups -OCH3 is 1. The lowest BCUT2D eigenvalue weighted by Crippen LogP contribution is -2.17. The Labute approximate surface area is 102 Å². The van der Waals surface area contributed by atoms with Crippen LogP contribution in [0.15, 0.2) is 24.3 Å². The number of hydrogen-bond acceptors (Lipinski definition) is 3. The van der Waals surface area contributed by atoms with Crippen molar-refractivity contribution >= 4 is 17.3 Å². The minimum atomic E-state index is -0.0606. The van der Waals surface area contributed by atoms with Crippen molar-refractivity contribution in [1.82, 2.24) is 0 Å². The van der Waals surface area contributed by atoms with Gasteiger partial charge in [-0.3, -0.25) is 4.79 Å². The predicted molar refractivity (Wildman–Crippen MR) is 70.3 cm³/mol. The maximum atomic E-state index is 10.9. The lowest BCUT2D eigenvalue weighted by molar-refractivity contribution is -0.114. The van der Waals surface area contributed by atoms with Gasteiger partial charge in [-0.05, 0) is 31.5 Å². The van der Waals surface area contributed by atoms with Crippen LogP contribution in [0.3, 0.4) is 0 Å². The van der Waals surface area contributed by atoms with Gasteiger partial charge in [0.25, 0.3) is 0 Å². The Morgan fingerprint density at radius 2 is 2.12 bits per heavy atom. The summed E-state index contributed by atoms with van der Waals surface area (Å²) in [5.41, 5.74) is 1.81. The molecule has 0 spiro atoms. The summed E-state index contributed by atoms with van der Waals surface area (Å²) in [7, 11) is 1.70. The summed E-state index contributed by atoms with van der Waals surface area (Å²) in [5, 5.41) is 6.12. The summed E-state index contributed by atoms with van der Waals surface area (Å²) in [4.78, 5) is 10.9. The second-order valence-electron chi connectivity index (χ2n) is 4.09. The highest BCUT2D eigenvalue weighted by atomic mass is 16.5. The average Bonchev–Trinajstić information content (AvgIpc) is 2.26. The molecule has 0 bridgehead atoms. The molecule has 0 aliphatic carbocycles. The van der Waals surface area contributed by atoms with E-state index in [1.54, 1.807) is 7.11 Å². The van der Waals surface area contributed by atoms with Gasteiger partial charge < -0.3 is 15.4 Å². The third-order valence-electron chi connectivity index (χ3n) is 2.35. The number of nitrogens with one attached hydrogen (secondary N) is 2. The molecule has 94 valence electrons. The summed E-state index contributed by atoms with van der Waals surface area (Å²) in [6.07, 6.45) is 0.945. The highest BCUT2D eigenvalue weighted by Crippen LogP contribution is 2.16. The van der Waals surface area contributed by atoms with E-state index in [0.29, 0.717) is 6.04 Å². The second-order valence-corrected chi connectivity index (χ2v) is 4.09. The number of rotatable bonds is 6. The standard InChI is InChI=1S/C13H20N2O2/c1-10(7-8-17-3)14-12-5-4-6-13(9-12)15-11(2)16/h4-6,9-10,14H,7-8H2,1-3H3,(H,15,16). The predicted octanol–water partition coefficient (Wildman–Crippen LogP) is 2.48. The first kappa shape index (κ1) is 13.5. The van der Waals surface area contributed by atoms with Crippen molar-refractivity contribution in [1.29, 1.82) is 0 Å². The largest absolute Gasteiger partial charge is 0.385 e. The van der Waals surface area contributed by atoms with Gasteiger partial charge in [0.2, 0.25) is 5.91 Å². The molecular weight excluding hydrogens is 216 g/mol. The van der Waals surface area contributed by atoms with Gasteiger partial charge in [0.05, 0.1) is 0 Å². The Balaban J connectivity index is 2.55. The molecule has 2 N–H and O–H groups in total. The van der Waals surface area contributed by atoms with Gasteiger partial charge in [0.1, 0.15) is 0 Å². The first-order valence-electron chi connectivity index (χ1n) is 5.75. The molecule has 0 aromatic heterocycles. The van der Waals surface area contributed by atoms with Crippen LogP contribution >= 0.6 is 0 Å². The van der Waals surface area contributed by atoms with E-state index in [1.165, 1.54) is 6.92 Å². The van der Waals surface area contributed by atoms with Gasteiger partial charge in [-0.1, -0.05) is 6.07 Å². The fourth-order valence-electron chi connectivity index (χ4n) is 1.54. The molecule has 0 aliphatic rings. The fourth-order valence-corrected chi connectivity index (χ4v) is 1.54. The van der Waals surface area contributed by atoms with Crippen LogP contribution in [0.2, 0.25) is 0 Å². The van der Waals surface area contributed by atoms with Gasteiger partial charge in [-0.2, -0.15) is 0 Å². The fraction of sp³-hybridized carbons (Fsp3) is 0.462. The quantitative estimate of drug-likeness (QED) is 0.797. The van der Waals surface area contributed by atoms with Crippen molar-refractivity contribution in [3.8, 4) is 0 Å². The molecule has 0 radical (unpaired) electrons. The SMILES string of the molecule is COCCC(C)Nc1cccc(NC(C)=O)c1. The minimum Gasteiger partial charge on any atom is -0.385 e. The lowest BCUT2D eigenvalue weighted by atomic mass is 10.2. The monoisotopic (exact) mass is 236 g/mol. The molecule has 1 aromatic rings. The zero-order valence-corrected chi connectivity index (χ0v) is 10.6. The van der Waals surface area contributed by atoms with Gasteiger partial charge in [0, 0.05) is 38.1 Å². The molecule has 1 atom stereocenters. The summed E-state index contributed by atoms with van der Waals surface area (Å²) in [6, 6.07) is 8.02. The summed E-state index contributed by atoms with van der Waals surface area (Å²) >= 11 is 0. The van der Waals surface area contributed by atoms with Crippen LogP contribution in [0, 0.1) is 0 Å². The molecule has 0 heterocycles. The maximum Gasteiger partial charge on any atom is 0.221 e. The molecular formula is C13H20N2O2. The van der Waals surface area contributed by atoms with E-state index in [-0.39, 0.29) is 5.91 Å². The van der Waals surface area contributed by atoms with Crippen molar-refractivity contribution < 1.29 is 9.53 Å². The van der Waals surface area contributed by atoms with E-state index in [1.807, 2.05) is 24.3 Å². The summed E-state index contributed by atoms with van der Waals surface area (Å²) < 4.78 is 5.03. The first-order chi connectivity index (χ1) is 8.11. The summed E-state index contributed by atoms with van der Waals surface area (Å²) in [5.74, 6) is -0.0606. The van der Waals surface area contributed by atoms with Crippen molar-refractivity contribution in [3.05, 3.63) is 24.3 Å². The van der Waals surface area contributed by atoms with E-state index in [2.05, 4.69) is 17.6 Å². The Morgan fingerprint density at radius 1 is 1.41 bits per heavy atom. The number of carbonyl (C=O) groups excluding carboxylic acids is 1. The van der Waals surface area contributed by atoms with Crippen LogP contribution in [0.5, 0.6) is 0 Å². The van der Waals surface area contributed by atoms with Crippen LogP contribution in [0.25, 0.3) is 0 Å². The number of carbonyl (C=O) groups is 1. The van der Waals surface area contributed by atoms with Gasteiger partial charge in [-0.25, -0.2) is 0 Å².